The lowest BCUT2D eigenvalue weighted by molar-refractivity contribution is 0.0827. The monoisotopic (exact) mass is 469 g/mol. The summed E-state index contributed by atoms with van der Waals surface area (Å²) >= 11 is 0. The maximum Gasteiger partial charge on any atom is 0.253 e. The summed E-state index contributed by atoms with van der Waals surface area (Å²) in [5, 5.41) is 11.9. The van der Waals surface area contributed by atoms with E-state index >= 15 is 0 Å². The van der Waals surface area contributed by atoms with E-state index in [4.69, 9.17) is 0 Å². The highest BCUT2D eigenvalue weighted by molar-refractivity contribution is 5.98. The zero-order valence-corrected chi connectivity index (χ0v) is 20.7. The molecule has 0 unspecified atom stereocenters. The zero-order chi connectivity index (χ0) is 24.7. The van der Waals surface area contributed by atoms with Crippen LogP contribution in [-0.2, 0) is 0 Å². The van der Waals surface area contributed by atoms with Gasteiger partial charge in [-0.15, -0.1) is 0 Å². The van der Waals surface area contributed by atoms with Gasteiger partial charge in [0.2, 0.25) is 0 Å². The van der Waals surface area contributed by atoms with Gasteiger partial charge in [0.15, 0.2) is 0 Å². The molecule has 35 heavy (non-hydrogen) atoms. The number of phenols is 1. The Bertz CT molecular complexity index is 1360. The molecular formula is C28H31N5O2. The van der Waals surface area contributed by atoms with Crippen molar-refractivity contribution >= 4 is 22.6 Å². The molecule has 4 aromatic rings. The van der Waals surface area contributed by atoms with Crippen molar-refractivity contribution in [2.45, 2.75) is 6.92 Å². The smallest absolute Gasteiger partial charge is 0.253 e. The van der Waals surface area contributed by atoms with Crippen molar-refractivity contribution in [3.8, 4) is 28.0 Å². The number of nitrogens with one attached hydrogen (secondary N) is 1. The maximum atomic E-state index is 12.2. The first kappa shape index (κ1) is 22.9. The fraction of sp³-hybridized carbons (Fsp3) is 0.286. The molecular weight excluding hydrogens is 438 g/mol. The number of pyridine rings is 1. The fourth-order valence-corrected chi connectivity index (χ4v) is 4.82. The Morgan fingerprint density at radius 2 is 1.71 bits per heavy atom. The van der Waals surface area contributed by atoms with Gasteiger partial charge in [-0.1, -0.05) is 12.1 Å². The van der Waals surface area contributed by atoms with Gasteiger partial charge in [0, 0.05) is 74.7 Å². The third kappa shape index (κ3) is 4.35. The predicted molar refractivity (Wildman–Crippen MR) is 141 cm³/mol. The van der Waals surface area contributed by atoms with E-state index in [1.165, 1.54) is 0 Å². The molecule has 2 aromatic carbocycles. The number of benzene rings is 2. The quantitative estimate of drug-likeness (QED) is 0.464. The Balaban J connectivity index is 1.49. The van der Waals surface area contributed by atoms with Crippen LogP contribution in [0.2, 0.25) is 0 Å². The maximum absolute atomic E-state index is 12.2. The van der Waals surface area contributed by atoms with Gasteiger partial charge in [-0.2, -0.15) is 0 Å². The van der Waals surface area contributed by atoms with Gasteiger partial charge in [-0.05, 0) is 61.0 Å². The topological polar surface area (TPSA) is 75.7 Å². The van der Waals surface area contributed by atoms with Crippen LogP contribution in [0.3, 0.4) is 0 Å². The summed E-state index contributed by atoms with van der Waals surface area (Å²) in [6.45, 7) is 5.84. The van der Waals surface area contributed by atoms with Gasteiger partial charge < -0.3 is 24.8 Å². The number of likely N-dealkylation sites (N-methyl/N-ethyl adjacent to an activating group) is 1. The average molecular weight is 470 g/mol. The number of carbonyl (C=O) groups is 1. The van der Waals surface area contributed by atoms with E-state index in [-0.39, 0.29) is 5.91 Å². The van der Waals surface area contributed by atoms with Gasteiger partial charge in [-0.25, -0.2) is 4.98 Å². The lowest BCUT2D eigenvalue weighted by Crippen LogP contribution is -2.44. The number of fused-ring (bicyclic) bond motifs is 1. The normalized spacial score (nSPS) is 14.5. The van der Waals surface area contributed by atoms with Crippen LogP contribution in [-0.4, -0.2) is 78.1 Å². The molecule has 1 aliphatic rings. The molecule has 0 aliphatic carbocycles. The van der Waals surface area contributed by atoms with Crippen molar-refractivity contribution in [1.82, 2.24) is 19.8 Å². The highest BCUT2D eigenvalue weighted by Crippen LogP contribution is 2.38. The summed E-state index contributed by atoms with van der Waals surface area (Å²) in [5.74, 6) is 0.287. The van der Waals surface area contributed by atoms with Crippen molar-refractivity contribution in [3.05, 3.63) is 66.0 Å². The SMILES string of the molecule is Cc1cc(-c2cnc3[nH]cc(-c4ccc(C(=O)N(C)C)cc4)c3c2)cc(O)c1N1CCN(C)CC1. The zero-order valence-electron chi connectivity index (χ0n) is 20.7. The van der Waals surface area contributed by atoms with E-state index in [2.05, 4.69) is 45.9 Å². The molecule has 0 spiro atoms. The second-order valence-electron chi connectivity index (χ2n) is 9.55. The summed E-state index contributed by atoms with van der Waals surface area (Å²) in [5.41, 5.74) is 7.34. The van der Waals surface area contributed by atoms with Crippen molar-refractivity contribution in [2.24, 2.45) is 0 Å². The molecule has 2 aromatic heterocycles. The first-order chi connectivity index (χ1) is 16.8. The fourth-order valence-electron chi connectivity index (χ4n) is 4.82. The lowest BCUT2D eigenvalue weighted by Gasteiger charge is -2.35. The number of nitrogens with zero attached hydrogens (tertiary/aromatic N) is 4. The second-order valence-corrected chi connectivity index (χ2v) is 9.55. The molecule has 180 valence electrons. The number of aromatic hydroxyl groups is 1. The van der Waals surface area contributed by atoms with Crippen LogP contribution in [0.4, 0.5) is 5.69 Å². The molecule has 0 radical (unpaired) electrons. The summed E-state index contributed by atoms with van der Waals surface area (Å²) < 4.78 is 0. The molecule has 3 heterocycles. The summed E-state index contributed by atoms with van der Waals surface area (Å²) in [7, 11) is 5.63. The Hall–Kier alpha value is -3.84. The van der Waals surface area contributed by atoms with Crippen LogP contribution in [0.5, 0.6) is 5.75 Å². The molecule has 0 bridgehead atoms. The van der Waals surface area contributed by atoms with Crippen molar-refractivity contribution in [2.75, 3.05) is 52.2 Å². The van der Waals surface area contributed by atoms with Crippen LogP contribution in [0, 0.1) is 6.92 Å². The van der Waals surface area contributed by atoms with Crippen molar-refractivity contribution in [3.63, 3.8) is 0 Å². The Morgan fingerprint density at radius 3 is 2.37 bits per heavy atom. The van der Waals surface area contributed by atoms with Gasteiger partial charge in [0.1, 0.15) is 11.4 Å². The number of aromatic nitrogens is 2. The molecule has 2 N–H and O–H groups in total. The van der Waals surface area contributed by atoms with E-state index in [1.807, 2.05) is 42.7 Å². The van der Waals surface area contributed by atoms with Crippen LogP contribution >= 0.6 is 0 Å². The number of anilines is 1. The number of piperazine rings is 1. The van der Waals surface area contributed by atoms with E-state index in [1.54, 1.807) is 19.0 Å². The number of rotatable bonds is 4. The Labute approximate surface area is 205 Å². The highest BCUT2D eigenvalue weighted by atomic mass is 16.3. The van der Waals surface area contributed by atoms with Crippen molar-refractivity contribution in [1.29, 1.82) is 0 Å². The number of aryl methyl sites for hydroxylation is 1. The summed E-state index contributed by atoms with van der Waals surface area (Å²) in [6, 6.07) is 13.7. The predicted octanol–water partition coefficient (Wildman–Crippen LogP) is 4.36. The molecule has 1 amide bonds. The van der Waals surface area contributed by atoms with Gasteiger partial charge in [0.05, 0.1) is 5.69 Å². The minimum atomic E-state index is -0.0189. The Morgan fingerprint density at radius 1 is 1.00 bits per heavy atom. The Kier molecular flexibility index (Phi) is 5.94. The minimum absolute atomic E-state index is 0.0189. The third-order valence-electron chi connectivity index (χ3n) is 6.81. The number of hydrogen-bond acceptors (Lipinski definition) is 5. The van der Waals surface area contributed by atoms with Crippen LogP contribution in [0.25, 0.3) is 33.3 Å². The van der Waals surface area contributed by atoms with E-state index in [9.17, 15) is 9.90 Å². The highest BCUT2D eigenvalue weighted by Gasteiger charge is 2.20. The molecule has 1 aliphatic heterocycles. The first-order valence-electron chi connectivity index (χ1n) is 11.9. The molecule has 7 nitrogen and oxygen atoms in total. The molecule has 0 atom stereocenters. The first-order valence-corrected chi connectivity index (χ1v) is 11.9. The van der Waals surface area contributed by atoms with E-state index < -0.39 is 0 Å². The van der Waals surface area contributed by atoms with Gasteiger partial charge in [0.25, 0.3) is 5.91 Å². The minimum Gasteiger partial charge on any atom is -0.506 e. The molecule has 1 saturated heterocycles. The second kappa shape index (κ2) is 9.07. The molecule has 7 heteroatoms. The molecule has 0 saturated carbocycles. The molecule has 5 rings (SSSR count). The largest absolute Gasteiger partial charge is 0.506 e. The number of hydrogen-bond donors (Lipinski definition) is 2. The number of H-pyrrole nitrogens is 1. The van der Waals surface area contributed by atoms with E-state index in [0.717, 1.165) is 70.7 Å². The molecule has 1 fully saturated rings. The number of amides is 1. The lowest BCUT2D eigenvalue weighted by atomic mass is 9.99. The van der Waals surface area contributed by atoms with Gasteiger partial charge >= 0.3 is 0 Å². The summed E-state index contributed by atoms with van der Waals surface area (Å²) in [4.78, 5) is 26.3. The number of carbonyl (C=O) groups excluding carboxylic acids is 1. The standard InChI is InChI=1S/C28H31N5O2/c1-18-13-21(15-25(34)26(18)33-11-9-32(4)10-12-33)22-14-23-24(17-30-27(23)29-16-22)19-5-7-20(8-6-19)28(35)31(2)3/h5-8,13-17,34H,9-12H2,1-4H3,(H,29,30). The average Bonchev–Trinajstić information content (AvgIpc) is 3.27. The summed E-state index contributed by atoms with van der Waals surface area (Å²) in [6.07, 6.45) is 3.79. The third-order valence-corrected chi connectivity index (χ3v) is 6.81. The van der Waals surface area contributed by atoms with Crippen LogP contribution in [0.15, 0.2) is 54.9 Å². The van der Waals surface area contributed by atoms with Gasteiger partial charge in [-0.3, -0.25) is 4.79 Å². The van der Waals surface area contributed by atoms with Crippen LogP contribution < -0.4 is 4.90 Å². The number of phenolic OH excluding ortho intramolecular Hbond substituents is 1. The van der Waals surface area contributed by atoms with Crippen LogP contribution in [0.1, 0.15) is 15.9 Å². The van der Waals surface area contributed by atoms with E-state index in [0.29, 0.717) is 11.3 Å². The number of aromatic amines is 1. The van der Waals surface area contributed by atoms with Crippen molar-refractivity contribution < 1.29 is 9.90 Å².